The number of carbonyl (C=O) groups excluding carboxylic acids is 1. The summed E-state index contributed by atoms with van der Waals surface area (Å²) in [6, 6.07) is 7.70. The van der Waals surface area contributed by atoms with Crippen molar-refractivity contribution in [3.63, 3.8) is 0 Å². The number of hydrogen-bond acceptors (Lipinski definition) is 6. The summed E-state index contributed by atoms with van der Waals surface area (Å²) >= 11 is 0. The van der Waals surface area contributed by atoms with Gasteiger partial charge >= 0.3 is 6.09 Å². The number of carbonyl (C=O) groups is 1. The molecular weight excluding hydrogens is 320 g/mol. The van der Waals surface area contributed by atoms with Gasteiger partial charge in [-0.2, -0.15) is 0 Å². The Morgan fingerprint density at radius 1 is 1.20 bits per heavy atom. The molecule has 0 fully saturated rings. The van der Waals surface area contributed by atoms with Crippen molar-refractivity contribution in [2.24, 2.45) is 0 Å². The fourth-order valence-corrected chi connectivity index (χ4v) is 2.69. The van der Waals surface area contributed by atoms with Crippen LogP contribution in [0.4, 0.5) is 10.5 Å². The lowest BCUT2D eigenvalue weighted by Crippen LogP contribution is -2.35. The Labute approximate surface area is 147 Å². The Morgan fingerprint density at radius 2 is 1.92 bits per heavy atom. The zero-order valence-electron chi connectivity index (χ0n) is 14.7. The Balaban J connectivity index is 1.77. The van der Waals surface area contributed by atoms with Gasteiger partial charge in [-0.3, -0.25) is 4.98 Å². The molecule has 1 aliphatic rings. The molecule has 132 valence electrons. The number of methoxy groups -OCH3 is 1. The van der Waals surface area contributed by atoms with Crippen LogP contribution in [0.3, 0.4) is 0 Å². The molecule has 1 aliphatic heterocycles. The van der Waals surface area contributed by atoms with Gasteiger partial charge < -0.3 is 19.8 Å². The molecule has 1 aromatic heterocycles. The highest BCUT2D eigenvalue weighted by atomic mass is 16.6. The largest absolute Gasteiger partial charge is 0.493 e. The lowest BCUT2D eigenvalue weighted by Gasteiger charge is -2.30. The van der Waals surface area contributed by atoms with Crippen LogP contribution in [0.1, 0.15) is 11.1 Å². The van der Waals surface area contributed by atoms with E-state index in [1.54, 1.807) is 33.6 Å². The van der Waals surface area contributed by atoms with Gasteiger partial charge in [0.05, 0.1) is 12.8 Å². The molecule has 25 heavy (non-hydrogen) atoms. The van der Waals surface area contributed by atoms with Crippen molar-refractivity contribution in [2.45, 2.75) is 13.0 Å². The van der Waals surface area contributed by atoms with E-state index in [4.69, 9.17) is 9.47 Å². The van der Waals surface area contributed by atoms with Gasteiger partial charge in [0.25, 0.3) is 0 Å². The third-order valence-corrected chi connectivity index (χ3v) is 4.03. The second-order valence-corrected chi connectivity index (χ2v) is 6.05. The maximum atomic E-state index is 11.8. The SMILES string of the molecule is COc1cc2c(cc1OC(=O)N(C)C)CCN(Nc1ccncc1)C2. The Kier molecular flexibility index (Phi) is 5.04. The van der Waals surface area contributed by atoms with E-state index >= 15 is 0 Å². The minimum Gasteiger partial charge on any atom is -0.493 e. The first-order valence-electron chi connectivity index (χ1n) is 8.07. The molecule has 2 heterocycles. The maximum Gasteiger partial charge on any atom is 0.414 e. The predicted molar refractivity (Wildman–Crippen MR) is 94.7 cm³/mol. The minimum absolute atomic E-state index is 0.421. The monoisotopic (exact) mass is 342 g/mol. The zero-order valence-corrected chi connectivity index (χ0v) is 14.7. The van der Waals surface area contributed by atoms with Crippen molar-refractivity contribution in [2.75, 3.05) is 33.2 Å². The van der Waals surface area contributed by atoms with Crippen LogP contribution in [0, 0.1) is 0 Å². The quantitative estimate of drug-likeness (QED) is 0.921. The molecule has 0 unspecified atom stereocenters. The van der Waals surface area contributed by atoms with E-state index in [1.807, 2.05) is 24.3 Å². The molecule has 7 nitrogen and oxygen atoms in total. The van der Waals surface area contributed by atoms with Crippen molar-refractivity contribution < 1.29 is 14.3 Å². The van der Waals surface area contributed by atoms with Crippen LogP contribution in [0.25, 0.3) is 0 Å². The second kappa shape index (κ2) is 7.40. The summed E-state index contributed by atoms with van der Waals surface area (Å²) in [4.78, 5) is 17.2. The van der Waals surface area contributed by atoms with E-state index in [0.717, 1.165) is 36.3 Å². The molecule has 0 atom stereocenters. The first kappa shape index (κ1) is 17.0. The van der Waals surface area contributed by atoms with Gasteiger partial charge in [-0.1, -0.05) is 0 Å². The fourth-order valence-electron chi connectivity index (χ4n) is 2.69. The van der Waals surface area contributed by atoms with Crippen LogP contribution in [-0.4, -0.2) is 48.7 Å². The van der Waals surface area contributed by atoms with E-state index in [-0.39, 0.29) is 0 Å². The van der Waals surface area contributed by atoms with Gasteiger partial charge in [-0.15, -0.1) is 0 Å². The number of fused-ring (bicyclic) bond motifs is 1. The number of hydrogen-bond donors (Lipinski definition) is 1. The number of hydrazine groups is 1. The van der Waals surface area contributed by atoms with Crippen molar-refractivity contribution >= 4 is 11.8 Å². The van der Waals surface area contributed by atoms with Crippen LogP contribution < -0.4 is 14.9 Å². The maximum absolute atomic E-state index is 11.8. The lowest BCUT2D eigenvalue weighted by molar-refractivity contribution is 0.170. The van der Waals surface area contributed by atoms with Crippen molar-refractivity contribution in [1.29, 1.82) is 0 Å². The van der Waals surface area contributed by atoms with E-state index in [2.05, 4.69) is 15.4 Å². The van der Waals surface area contributed by atoms with Gasteiger partial charge in [0.15, 0.2) is 11.5 Å². The van der Waals surface area contributed by atoms with Gasteiger partial charge in [-0.25, -0.2) is 9.80 Å². The third-order valence-electron chi connectivity index (χ3n) is 4.03. The molecule has 0 aliphatic carbocycles. The predicted octanol–water partition coefficient (Wildman–Crippen LogP) is 2.54. The molecule has 1 amide bonds. The summed E-state index contributed by atoms with van der Waals surface area (Å²) < 4.78 is 10.8. The molecule has 1 N–H and O–H groups in total. The summed E-state index contributed by atoms with van der Waals surface area (Å²) in [6.07, 6.45) is 3.95. The normalized spacial score (nSPS) is 13.7. The number of aromatic nitrogens is 1. The molecule has 0 spiro atoms. The topological polar surface area (TPSA) is 66.9 Å². The average molecular weight is 342 g/mol. The van der Waals surface area contributed by atoms with Crippen LogP contribution in [0.15, 0.2) is 36.7 Å². The number of amides is 1. The summed E-state index contributed by atoms with van der Waals surface area (Å²) in [6.45, 7) is 1.58. The smallest absolute Gasteiger partial charge is 0.414 e. The van der Waals surface area contributed by atoms with E-state index < -0.39 is 6.09 Å². The van der Waals surface area contributed by atoms with Gasteiger partial charge in [0, 0.05) is 39.6 Å². The molecule has 0 radical (unpaired) electrons. The zero-order chi connectivity index (χ0) is 17.8. The molecule has 0 saturated heterocycles. The van der Waals surface area contributed by atoms with Crippen LogP contribution >= 0.6 is 0 Å². The number of nitrogens with one attached hydrogen (secondary N) is 1. The number of rotatable bonds is 4. The fraction of sp³-hybridized carbons (Fsp3) is 0.333. The molecular formula is C18H22N4O3. The van der Waals surface area contributed by atoms with Crippen molar-refractivity contribution in [1.82, 2.24) is 14.9 Å². The highest BCUT2D eigenvalue weighted by Gasteiger charge is 2.21. The Bertz CT molecular complexity index is 749. The number of nitrogens with zero attached hydrogens (tertiary/aromatic N) is 3. The highest BCUT2D eigenvalue weighted by Crippen LogP contribution is 2.33. The van der Waals surface area contributed by atoms with Gasteiger partial charge in [-0.05, 0) is 41.8 Å². The molecule has 7 heteroatoms. The summed E-state index contributed by atoms with van der Waals surface area (Å²) in [5, 5.41) is 2.14. The average Bonchev–Trinajstić information content (AvgIpc) is 2.62. The molecule has 2 aromatic rings. The van der Waals surface area contributed by atoms with Gasteiger partial charge in [0.1, 0.15) is 0 Å². The summed E-state index contributed by atoms with van der Waals surface area (Å²) in [5.74, 6) is 1.01. The van der Waals surface area contributed by atoms with Crippen LogP contribution in [-0.2, 0) is 13.0 Å². The number of ether oxygens (including phenoxy) is 2. The minimum atomic E-state index is -0.421. The lowest BCUT2D eigenvalue weighted by atomic mass is 10.00. The highest BCUT2D eigenvalue weighted by molar-refractivity contribution is 5.71. The Morgan fingerprint density at radius 3 is 2.60 bits per heavy atom. The Hall–Kier alpha value is -2.80. The summed E-state index contributed by atoms with van der Waals surface area (Å²) in [7, 11) is 4.87. The van der Waals surface area contributed by atoms with Crippen LogP contribution in [0.2, 0.25) is 0 Å². The number of benzene rings is 1. The second-order valence-electron chi connectivity index (χ2n) is 6.05. The molecule has 1 aromatic carbocycles. The first-order valence-corrected chi connectivity index (χ1v) is 8.07. The number of pyridine rings is 1. The van der Waals surface area contributed by atoms with E-state index in [0.29, 0.717) is 11.5 Å². The molecule has 3 rings (SSSR count). The first-order chi connectivity index (χ1) is 12.1. The molecule has 0 saturated carbocycles. The standard InChI is InChI=1S/C18H22N4O3/c1-21(2)18(23)25-17-10-13-6-9-22(12-14(13)11-16(17)24-3)20-15-4-7-19-8-5-15/h4-5,7-8,10-11H,6,9,12H2,1-3H3,(H,19,20). The van der Waals surface area contributed by atoms with Crippen LogP contribution in [0.5, 0.6) is 11.5 Å². The third kappa shape index (κ3) is 4.00. The molecule has 0 bridgehead atoms. The van der Waals surface area contributed by atoms with Crippen molar-refractivity contribution in [3.8, 4) is 11.5 Å². The van der Waals surface area contributed by atoms with Crippen molar-refractivity contribution in [3.05, 3.63) is 47.8 Å². The van der Waals surface area contributed by atoms with E-state index in [1.165, 1.54) is 4.90 Å². The summed E-state index contributed by atoms with van der Waals surface area (Å²) in [5.41, 5.74) is 6.69. The number of anilines is 1. The van der Waals surface area contributed by atoms with E-state index in [9.17, 15) is 4.79 Å². The van der Waals surface area contributed by atoms with Gasteiger partial charge in [0.2, 0.25) is 0 Å².